The van der Waals surface area contributed by atoms with E-state index in [1.54, 1.807) is 37.3 Å². The Morgan fingerprint density at radius 1 is 1.24 bits per heavy atom. The van der Waals surface area contributed by atoms with Crippen molar-refractivity contribution in [2.24, 2.45) is 5.73 Å². The standard InChI is InChI=1S/C15H20N2O4/c1-2-15(9-18,10-19)17-13(20)8-5-11-3-6-12(7-4-11)14(16)21/h3-8,18-19H,2,9-10H2,1H3,(H2,16,21)(H,17,20)/b8-5+. The number of nitrogens with one attached hydrogen (secondary N) is 1. The third-order valence-corrected chi connectivity index (χ3v) is 3.29. The van der Waals surface area contributed by atoms with Crippen LogP contribution < -0.4 is 11.1 Å². The fraction of sp³-hybridized carbons (Fsp3) is 0.333. The molecule has 1 rings (SSSR count). The summed E-state index contributed by atoms with van der Waals surface area (Å²) in [5.74, 6) is -0.930. The minimum absolute atomic E-state index is 0.340. The first-order chi connectivity index (χ1) is 9.96. The van der Waals surface area contributed by atoms with Crippen molar-refractivity contribution in [1.29, 1.82) is 0 Å². The molecule has 0 heterocycles. The van der Waals surface area contributed by atoms with E-state index in [0.29, 0.717) is 12.0 Å². The summed E-state index contributed by atoms with van der Waals surface area (Å²) in [4.78, 5) is 22.7. The van der Waals surface area contributed by atoms with Gasteiger partial charge in [-0.05, 0) is 30.2 Å². The second-order valence-electron chi connectivity index (χ2n) is 4.76. The van der Waals surface area contributed by atoms with E-state index >= 15 is 0 Å². The number of primary amides is 1. The molecule has 0 aliphatic rings. The molecular weight excluding hydrogens is 272 g/mol. The van der Waals surface area contributed by atoms with Crippen LogP contribution in [-0.4, -0.2) is 40.8 Å². The van der Waals surface area contributed by atoms with Crippen LogP contribution in [0.1, 0.15) is 29.3 Å². The smallest absolute Gasteiger partial charge is 0.248 e. The lowest BCUT2D eigenvalue weighted by Crippen LogP contribution is -2.53. The van der Waals surface area contributed by atoms with Crippen LogP contribution in [0.25, 0.3) is 6.08 Å². The summed E-state index contributed by atoms with van der Waals surface area (Å²) in [6, 6.07) is 6.46. The molecule has 6 heteroatoms. The molecule has 21 heavy (non-hydrogen) atoms. The monoisotopic (exact) mass is 292 g/mol. The third-order valence-electron chi connectivity index (χ3n) is 3.29. The van der Waals surface area contributed by atoms with Gasteiger partial charge in [0.1, 0.15) is 0 Å². The number of nitrogens with two attached hydrogens (primary N) is 1. The highest BCUT2D eigenvalue weighted by molar-refractivity contribution is 5.94. The highest BCUT2D eigenvalue weighted by Crippen LogP contribution is 2.09. The summed E-state index contributed by atoms with van der Waals surface area (Å²) in [7, 11) is 0. The number of benzene rings is 1. The van der Waals surface area contributed by atoms with Crippen molar-refractivity contribution in [3.8, 4) is 0 Å². The zero-order valence-electron chi connectivity index (χ0n) is 11.9. The van der Waals surface area contributed by atoms with Gasteiger partial charge >= 0.3 is 0 Å². The first kappa shape index (κ1) is 16.9. The number of hydrogen-bond acceptors (Lipinski definition) is 4. The summed E-state index contributed by atoms with van der Waals surface area (Å²) in [6.07, 6.45) is 3.27. The van der Waals surface area contributed by atoms with Crippen LogP contribution in [0.3, 0.4) is 0 Å². The topological polar surface area (TPSA) is 113 Å². The van der Waals surface area contributed by atoms with Gasteiger partial charge in [-0.15, -0.1) is 0 Å². The van der Waals surface area contributed by atoms with Crippen LogP contribution in [0, 0.1) is 0 Å². The van der Waals surface area contributed by atoms with E-state index in [2.05, 4.69) is 5.32 Å². The van der Waals surface area contributed by atoms with Crippen molar-refractivity contribution >= 4 is 17.9 Å². The molecule has 6 nitrogen and oxygen atoms in total. The molecule has 2 amide bonds. The van der Waals surface area contributed by atoms with Gasteiger partial charge in [-0.1, -0.05) is 19.1 Å². The van der Waals surface area contributed by atoms with Crippen molar-refractivity contribution in [2.75, 3.05) is 13.2 Å². The molecule has 5 N–H and O–H groups in total. The average Bonchev–Trinajstić information content (AvgIpc) is 2.51. The molecule has 114 valence electrons. The average molecular weight is 292 g/mol. The van der Waals surface area contributed by atoms with E-state index in [1.165, 1.54) is 6.08 Å². The van der Waals surface area contributed by atoms with Crippen LogP contribution in [0.2, 0.25) is 0 Å². The SMILES string of the molecule is CCC(CO)(CO)NC(=O)/C=C/c1ccc(C(N)=O)cc1. The Bertz CT molecular complexity index is 511. The zero-order chi connectivity index (χ0) is 15.9. The molecule has 1 aromatic rings. The summed E-state index contributed by atoms with van der Waals surface area (Å²) in [5.41, 5.74) is 5.23. The van der Waals surface area contributed by atoms with Gasteiger partial charge in [-0.3, -0.25) is 9.59 Å². The van der Waals surface area contributed by atoms with Crippen molar-refractivity contribution in [2.45, 2.75) is 18.9 Å². The molecule has 0 unspecified atom stereocenters. The maximum atomic E-state index is 11.8. The molecule has 0 saturated heterocycles. The second-order valence-corrected chi connectivity index (χ2v) is 4.76. The molecular formula is C15H20N2O4. The lowest BCUT2D eigenvalue weighted by atomic mass is 9.98. The number of aliphatic hydroxyl groups excluding tert-OH is 2. The molecule has 0 fully saturated rings. The quantitative estimate of drug-likeness (QED) is 0.532. The fourth-order valence-electron chi connectivity index (χ4n) is 1.67. The molecule has 0 atom stereocenters. The Morgan fingerprint density at radius 3 is 2.24 bits per heavy atom. The maximum Gasteiger partial charge on any atom is 0.248 e. The van der Waals surface area contributed by atoms with Gasteiger partial charge < -0.3 is 21.3 Å². The van der Waals surface area contributed by atoms with Crippen molar-refractivity contribution in [3.05, 3.63) is 41.5 Å². The molecule has 1 aromatic carbocycles. The first-order valence-electron chi connectivity index (χ1n) is 6.58. The van der Waals surface area contributed by atoms with Gasteiger partial charge in [-0.25, -0.2) is 0 Å². The van der Waals surface area contributed by atoms with Gasteiger partial charge in [0.15, 0.2) is 0 Å². The number of carbonyl (C=O) groups is 2. The normalized spacial score (nSPS) is 11.6. The van der Waals surface area contributed by atoms with Crippen LogP contribution in [0.5, 0.6) is 0 Å². The minimum Gasteiger partial charge on any atom is -0.394 e. The van der Waals surface area contributed by atoms with E-state index in [0.717, 1.165) is 5.56 Å². The van der Waals surface area contributed by atoms with Crippen LogP contribution in [-0.2, 0) is 4.79 Å². The second kappa shape index (κ2) is 7.56. The summed E-state index contributed by atoms with van der Waals surface area (Å²) in [5, 5.41) is 21.1. The third kappa shape index (κ3) is 4.70. The van der Waals surface area contributed by atoms with Gasteiger partial charge in [0.2, 0.25) is 11.8 Å². The highest BCUT2D eigenvalue weighted by atomic mass is 16.3. The largest absolute Gasteiger partial charge is 0.394 e. The molecule has 0 aliphatic heterocycles. The van der Waals surface area contributed by atoms with E-state index in [9.17, 15) is 19.8 Å². The van der Waals surface area contributed by atoms with Gasteiger partial charge in [-0.2, -0.15) is 0 Å². The molecule has 0 radical (unpaired) electrons. The van der Waals surface area contributed by atoms with E-state index in [-0.39, 0.29) is 13.2 Å². The van der Waals surface area contributed by atoms with Crippen molar-refractivity contribution < 1.29 is 19.8 Å². The fourth-order valence-corrected chi connectivity index (χ4v) is 1.67. The number of amides is 2. The lowest BCUT2D eigenvalue weighted by molar-refractivity contribution is -0.119. The molecule has 0 bridgehead atoms. The summed E-state index contributed by atoms with van der Waals surface area (Å²) < 4.78 is 0. The molecule has 0 spiro atoms. The number of rotatable bonds is 7. The Labute approximate surface area is 123 Å². The van der Waals surface area contributed by atoms with Crippen molar-refractivity contribution in [1.82, 2.24) is 5.32 Å². The van der Waals surface area contributed by atoms with E-state index in [4.69, 9.17) is 5.73 Å². The minimum atomic E-state index is -1.02. The predicted octanol–water partition coefficient (Wildman–Crippen LogP) is 0.0483. The van der Waals surface area contributed by atoms with Crippen LogP contribution in [0.15, 0.2) is 30.3 Å². The lowest BCUT2D eigenvalue weighted by Gasteiger charge is -2.28. The first-order valence-corrected chi connectivity index (χ1v) is 6.58. The Morgan fingerprint density at radius 2 is 1.81 bits per heavy atom. The molecule has 0 aliphatic carbocycles. The maximum absolute atomic E-state index is 11.8. The highest BCUT2D eigenvalue weighted by Gasteiger charge is 2.27. The summed E-state index contributed by atoms with van der Waals surface area (Å²) in [6.45, 7) is 1.08. The van der Waals surface area contributed by atoms with Gasteiger partial charge in [0, 0.05) is 11.6 Å². The Hall–Kier alpha value is -2.18. The van der Waals surface area contributed by atoms with Crippen LogP contribution in [0.4, 0.5) is 0 Å². The van der Waals surface area contributed by atoms with Crippen molar-refractivity contribution in [3.63, 3.8) is 0 Å². The van der Waals surface area contributed by atoms with Gasteiger partial charge in [0.25, 0.3) is 0 Å². The number of hydrogen-bond donors (Lipinski definition) is 4. The number of aliphatic hydroxyl groups is 2. The predicted molar refractivity (Wildman–Crippen MR) is 79.3 cm³/mol. The molecule has 0 aromatic heterocycles. The van der Waals surface area contributed by atoms with Gasteiger partial charge in [0.05, 0.1) is 18.8 Å². The zero-order valence-corrected chi connectivity index (χ0v) is 11.9. The Kier molecular flexibility index (Phi) is 6.08. The van der Waals surface area contributed by atoms with E-state index in [1.807, 2.05) is 0 Å². The number of carbonyl (C=O) groups excluding carboxylic acids is 2. The Balaban J connectivity index is 2.71. The van der Waals surface area contributed by atoms with Crippen LogP contribution >= 0.6 is 0 Å². The summed E-state index contributed by atoms with van der Waals surface area (Å²) >= 11 is 0. The van der Waals surface area contributed by atoms with E-state index < -0.39 is 17.4 Å². The molecule has 0 saturated carbocycles.